The quantitative estimate of drug-likeness (QED) is 0.885. The van der Waals surface area contributed by atoms with E-state index >= 15 is 0 Å². The SMILES string of the molecule is COc1cc(C(=O)O)cc(Cl)c1OCCn1cccn1. The molecule has 0 saturated carbocycles. The van der Waals surface area contributed by atoms with Crippen molar-refractivity contribution in [1.82, 2.24) is 9.78 Å². The highest BCUT2D eigenvalue weighted by atomic mass is 35.5. The van der Waals surface area contributed by atoms with Crippen LogP contribution in [0.5, 0.6) is 11.5 Å². The summed E-state index contributed by atoms with van der Waals surface area (Å²) >= 11 is 6.03. The Morgan fingerprint density at radius 2 is 2.30 bits per heavy atom. The lowest BCUT2D eigenvalue weighted by Gasteiger charge is -2.13. The highest BCUT2D eigenvalue weighted by molar-refractivity contribution is 6.32. The van der Waals surface area contributed by atoms with Crippen LogP contribution in [0.2, 0.25) is 5.02 Å². The van der Waals surface area contributed by atoms with Gasteiger partial charge in [-0.05, 0) is 18.2 Å². The van der Waals surface area contributed by atoms with E-state index in [0.29, 0.717) is 18.9 Å². The molecule has 0 aliphatic heterocycles. The van der Waals surface area contributed by atoms with Gasteiger partial charge in [0.15, 0.2) is 11.5 Å². The lowest BCUT2D eigenvalue weighted by molar-refractivity contribution is 0.0696. The van der Waals surface area contributed by atoms with E-state index in [2.05, 4.69) is 5.10 Å². The molecule has 0 aliphatic carbocycles. The molecule has 7 heteroatoms. The molecule has 6 nitrogen and oxygen atoms in total. The minimum absolute atomic E-state index is 0.0475. The molecule has 1 aromatic heterocycles. The number of methoxy groups -OCH3 is 1. The number of carbonyl (C=O) groups is 1. The largest absolute Gasteiger partial charge is 0.493 e. The van der Waals surface area contributed by atoms with Crippen molar-refractivity contribution < 1.29 is 19.4 Å². The van der Waals surface area contributed by atoms with Crippen molar-refractivity contribution in [2.45, 2.75) is 6.54 Å². The Hall–Kier alpha value is -2.21. The Bertz CT molecular complexity index is 599. The van der Waals surface area contributed by atoms with Gasteiger partial charge in [0.1, 0.15) is 6.61 Å². The maximum Gasteiger partial charge on any atom is 0.335 e. The molecule has 0 unspecified atom stereocenters. The number of rotatable bonds is 6. The number of hydrogen-bond donors (Lipinski definition) is 1. The van der Waals surface area contributed by atoms with Gasteiger partial charge in [-0.2, -0.15) is 5.10 Å². The molecule has 0 bridgehead atoms. The standard InChI is InChI=1S/C13H13ClN2O4/c1-19-11-8-9(13(17)18)7-10(14)12(11)20-6-5-16-4-2-3-15-16/h2-4,7-8H,5-6H2,1H3,(H,17,18). The Morgan fingerprint density at radius 1 is 1.50 bits per heavy atom. The Labute approximate surface area is 120 Å². The third kappa shape index (κ3) is 3.21. The van der Waals surface area contributed by atoms with Gasteiger partial charge in [0.05, 0.1) is 24.2 Å². The number of aromatic nitrogens is 2. The number of benzene rings is 1. The van der Waals surface area contributed by atoms with Crippen molar-refractivity contribution in [2.24, 2.45) is 0 Å². The van der Waals surface area contributed by atoms with Gasteiger partial charge >= 0.3 is 5.97 Å². The lowest BCUT2D eigenvalue weighted by atomic mass is 10.2. The number of halogens is 1. The molecule has 0 fully saturated rings. The molecule has 0 atom stereocenters. The number of carboxylic acids is 1. The van der Waals surface area contributed by atoms with Crippen molar-refractivity contribution in [2.75, 3.05) is 13.7 Å². The van der Waals surface area contributed by atoms with Gasteiger partial charge in [-0.1, -0.05) is 11.6 Å². The first kappa shape index (κ1) is 14.2. The molecular weight excluding hydrogens is 284 g/mol. The fraction of sp³-hybridized carbons (Fsp3) is 0.231. The van der Waals surface area contributed by atoms with Crippen molar-refractivity contribution in [3.63, 3.8) is 0 Å². The average Bonchev–Trinajstić information content (AvgIpc) is 2.93. The number of carboxylic acid groups (broad SMARTS) is 1. The number of hydrogen-bond acceptors (Lipinski definition) is 4. The summed E-state index contributed by atoms with van der Waals surface area (Å²) in [5.74, 6) is -0.463. The molecule has 20 heavy (non-hydrogen) atoms. The predicted octanol–water partition coefficient (Wildman–Crippen LogP) is 2.32. The summed E-state index contributed by atoms with van der Waals surface area (Å²) in [4.78, 5) is 10.9. The molecule has 2 rings (SSSR count). The van der Waals surface area contributed by atoms with E-state index in [0.717, 1.165) is 0 Å². The normalized spacial score (nSPS) is 10.3. The van der Waals surface area contributed by atoms with Crippen LogP contribution >= 0.6 is 11.6 Å². The third-order valence-electron chi connectivity index (χ3n) is 2.60. The second kappa shape index (κ2) is 6.29. The number of nitrogens with zero attached hydrogens (tertiary/aromatic N) is 2. The molecule has 2 aromatic rings. The molecular formula is C13H13ClN2O4. The van der Waals surface area contributed by atoms with E-state index in [1.807, 2.05) is 12.3 Å². The maximum absolute atomic E-state index is 10.9. The molecule has 0 radical (unpaired) electrons. The molecule has 1 aromatic carbocycles. The topological polar surface area (TPSA) is 73.6 Å². The first-order valence-electron chi connectivity index (χ1n) is 5.83. The van der Waals surface area contributed by atoms with Crippen LogP contribution in [-0.4, -0.2) is 34.6 Å². The predicted molar refractivity (Wildman–Crippen MR) is 72.7 cm³/mol. The van der Waals surface area contributed by atoms with Crippen LogP contribution in [0.3, 0.4) is 0 Å². The highest BCUT2D eigenvalue weighted by Crippen LogP contribution is 2.36. The summed E-state index contributed by atoms with van der Waals surface area (Å²) < 4.78 is 12.4. The monoisotopic (exact) mass is 296 g/mol. The summed E-state index contributed by atoms with van der Waals surface area (Å²) in [5, 5.41) is 13.2. The van der Waals surface area contributed by atoms with Gasteiger partial charge in [-0.3, -0.25) is 4.68 Å². The smallest absolute Gasteiger partial charge is 0.335 e. The van der Waals surface area contributed by atoms with Crippen LogP contribution in [-0.2, 0) is 6.54 Å². The second-order valence-electron chi connectivity index (χ2n) is 3.91. The molecule has 0 spiro atoms. The number of ether oxygens (including phenoxy) is 2. The van der Waals surface area contributed by atoms with Crippen LogP contribution in [0.1, 0.15) is 10.4 Å². The molecule has 0 amide bonds. The summed E-state index contributed by atoms with van der Waals surface area (Å²) in [6.07, 6.45) is 3.49. The van der Waals surface area contributed by atoms with Crippen molar-refractivity contribution in [3.05, 3.63) is 41.2 Å². The minimum Gasteiger partial charge on any atom is -0.493 e. The first-order valence-corrected chi connectivity index (χ1v) is 6.20. The zero-order valence-corrected chi connectivity index (χ0v) is 11.5. The van der Waals surface area contributed by atoms with Gasteiger partial charge in [0, 0.05) is 12.4 Å². The zero-order chi connectivity index (χ0) is 14.5. The third-order valence-corrected chi connectivity index (χ3v) is 2.88. The zero-order valence-electron chi connectivity index (χ0n) is 10.7. The second-order valence-corrected chi connectivity index (χ2v) is 4.32. The van der Waals surface area contributed by atoms with E-state index in [4.69, 9.17) is 26.2 Å². The van der Waals surface area contributed by atoms with Crippen LogP contribution in [0.15, 0.2) is 30.6 Å². The molecule has 1 N–H and O–H groups in total. The average molecular weight is 297 g/mol. The molecule has 0 aliphatic rings. The maximum atomic E-state index is 10.9. The summed E-state index contributed by atoms with van der Waals surface area (Å²) in [7, 11) is 1.43. The van der Waals surface area contributed by atoms with Crippen LogP contribution < -0.4 is 9.47 Å². The molecule has 0 saturated heterocycles. The van der Waals surface area contributed by atoms with E-state index < -0.39 is 5.97 Å². The van der Waals surface area contributed by atoms with E-state index in [9.17, 15) is 4.79 Å². The lowest BCUT2D eigenvalue weighted by Crippen LogP contribution is -2.09. The summed E-state index contributed by atoms with van der Waals surface area (Å²) in [6.45, 7) is 0.886. The highest BCUT2D eigenvalue weighted by Gasteiger charge is 2.15. The molecule has 106 valence electrons. The van der Waals surface area contributed by atoms with Gasteiger partial charge < -0.3 is 14.6 Å². The van der Waals surface area contributed by atoms with Crippen molar-refractivity contribution >= 4 is 17.6 Å². The Morgan fingerprint density at radius 3 is 2.90 bits per heavy atom. The van der Waals surface area contributed by atoms with E-state index in [1.54, 1.807) is 10.9 Å². The van der Waals surface area contributed by atoms with Crippen molar-refractivity contribution in [3.8, 4) is 11.5 Å². The first-order chi connectivity index (χ1) is 9.61. The molecule has 1 heterocycles. The van der Waals surface area contributed by atoms with Gasteiger partial charge in [0.25, 0.3) is 0 Å². The minimum atomic E-state index is -1.08. The Kier molecular flexibility index (Phi) is 4.47. The summed E-state index contributed by atoms with van der Waals surface area (Å²) in [5.41, 5.74) is 0.0475. The fourth-order valence-corrected chi connectivity index (χ4v) is 1.92. The van der Waals surface area contributed by atoms with E-state index in [1.165, 1.54) is 19.2 Å². The van der Waals surface area contributed by atoms with Gasteiger partial charge in [0.2, 0.25) is 0 Å². The summed E-state index contributed by atoms with van der Waals surface area (Å²) in [6, 6.07) is 4.52. The van der Waals surface area contributed by atoms with Crippen molar-refractivity contribution in [1.29, 1.82) is 0 Å². The Balaban J connectivity index is 2.12. The van der Waals surface area contributed by atoms with Crippen LogP contribution in [0.25, 0.3) is 0 Å². The van der Waals surface area contributed by atoms with E-state index in [-0.39, 0.29) is 16.3 Å². The van der Waals surface area contributed by atoms with Gasteiger partial charge in [-0.25, -0.2) is 4.79 Å². The fourth-order valence-electron chi connectivity index (χ4n) is 1.66. The van der Waals surface area contributed by atoms with Crippen LogP contribution in [0, 0.1) is 0 Å². The number of aromatic carboxylic acids is 1. The van der Waals surface area contributed by atoms with Gasteiger partial charge in [-0.15, -0.1) is 0 Å². The van der Waals surface area contributed by atoms with Crippen LogP contribution in [0.4, 0.5) is 0 Å².